The minimum atomic E-state index is -3.88. The Bertz CT molecular complexity index is 481. The molecular weight excluding hydrogens is 222 g/mol. The number of rotatable bonds is 4. The van der Waals surface area contributed by atoms with Crippen LogP contribution in [0.25, 0.3) is 0 Å². The van der Waals surface area contributed by atoms with Crippen LogP contribution in [0.15, 0.2) is 60.7 Å². The molecule has 0 radical (unpaired) electrons. The van der Waals surface area contributed by atoms with E-state index in [0.717, 1.165) is 0 Å². The number of sulfonamides is 1. The molecule has 1 aromatic carbocycles. The number of hydrogen-bond donors (Lipinski definition) is 0. The zero-order chi connectivity index (χ0) is 11.1. The van der Waals surface area contributed by atoms with E-state index in [-0.39, 0.29) is 4.90 Å². The SMILES string of the molecule is O=NN=NN=NS(=O)(=O)c1ccccc1. The van der Waals surface area contributed by atoms with Gasteiger partial charge in [0.1, 0.15) is 5.29 Å². The fraction of sp³-hybridized carbons (Fsp3) is 0. The van der Waals surface area contributed by atoms with Gasteiger partial charge >= 0.3 is 10.0 Å². The Morgan fingerprint density at radius 3 is 2.20 bits per heavy atom. The van der Waals surface area contributed by atoms with Crippen molar-refractivity contribution in [2.45, 2.75) is 4.90 Å². The van der Waals surface area contributed by atoms with Crippen molar-refractivity contribution in [3.05, 3.63) is 35.2 Å². The highest BCUT2D eigenvalue weighted by Gasteiger charge is 2.11. The van der Waals surface area contributed by atoms with E-state index >= 15 is 0 Å². The van der Waals surface area contributed by atoms with Crippen molar-refractivity contribution in [2.75, 3.05) is 0 Å². The maximum Gasteiger partial charge on any atom is 0.301 e. The van der Waals surface area contributed by atoms with Gasteiger partial charge in [-0.15, -0.1) is 4.91 Å². The first-order valence-electron chi connectivity index (χ1n) is 3.61. The van der Waals surface area contributed by atoms with Crippen molar-refractivity contribution in [1.29, 1.82) is 0 Å². The molecule has 8 nitrogen and oxygen atoms in total. The fourth-order valence-electron chi connectivity index (χ4n) is 0.738. The summed E-state index contributed by atoms with van der Waals surface area (Å²) in [5.41, 5.74) is 0. The Morgan fingerprint density at radius 1 is 0.933 bits per heavy atom. The third-order valence-electron chi connectivity index (χ3n) is 1.30. The van der Waals surface area contributed by atoms with E-state index < -0.39 is 10.0 Å². The Balaban J connectivity index is 2.90. The first kappa shape index (κ1) is 11.0. The Morgan fingerprint density at radius 2 is 1.60 bits per heavy atom. The van der Waals surface area contributed by atoms with Gasteiger partial charge in [-0.3, -0.25) is 0 Å². The molecule has 15 heavy (non-hydrogen) atoms. The maximum atomic E-state index is 11.3. The van der Waals surface area contributed by atoms with Crippen LogP contribution < -0.4 is 0 Å². The average Bonchev–Trinajstić information content (AvgIpc) is 2.26. The van der Waals surface area contributed by atoms with Crippen LogP contribution in [-0.2, 0) is 10.0 Å². The van der Waals surface area contributed by atoms with Crippen LogP contribution in [0, 0.1) is 4.91 Å². The molecule has 0 bridgehead atoms. The van der Waals surface area contributed by atoms with Crippen LogP contribution >= 0.6 is 0 Å². The molecule has 0 aromatic heterocycles. The standard InChI is InChI=1S/C6H5N5O3S/c12-10-8-7-9-11-15(13,14)6-4-2-1-3-5-6/h1-5H. The van der Waals surface area contributed by atoms with E-state index in [1.807, 2.05) is 5.29 Å². The van der Waals surface area contributed by atoms with Gasteiger partial charge < -0.3 is 0 Å². The predicted molar refractivity (Wildman–Crippen MR) is 49.1 cm³/mol. The van der Waals surface area contributed by atoms with E-state index in [4.69, 9.17) is 0 Å². The van der Waals surface area contributed by atoms with Gasteiger partial charge in [0.25, 0.3) is 0 Å². The number of benzene rings is 1. The van der Waals surface area contributed by atoms with Crippen LogP contribution in [-0.4, -0.2) is 8.42 Å². The third-order valence-corrected chi connectivity index (χ3v) is 2.46. The monoisotopic (exact) mass is 227 g/mol. The third kappa shape index (κ3) is 3.31. The Labute approximate surface area is 84.7 Å². The van der Waals surface area contributed by atoms with E-state index in [2.05, 4.69) is 20.2 Å². The summed E-state index contributed by atoms with van der Waals surface area (Å²) >= 11 is 0. The van der Waals surface area contributed by atoms with Crippen molar-refractivity contribution >= 4 is 10.0 Å². The first-order valence-corrected chi connectivity index (χ1v) is 5.05. The van der Waals surface area contributed by atoms with Crippen molar-refractivity contribution < 1.29 is 8.42 Å². The smallest absolute Gasteiger partial charge is 0.198 e. The normalized spacial score (nSPS) is 12.3. The average molecular weight is 227 g/mol. The van der Waals surface area contributed by atoms with E-state index in [1.54, 1.807) is 6.07 Å². The molecular formula is C6H5N5O3S. The second-order valence-corrected chi connectivity index (χ2v) is 3.80. The molecule has 1 rings (SSSR count). The first-order chi connectivity index (χ1) is 7.17. The molecule has 0 aliphatic rings. The summed E-state index contributed by atoms with van der Waals surface area (Å²) in [6.45, 7) is 0. The highest BCUT2D eigenvalue weighted by atomic mass is 32.2. The molecule has 9 heteroatoms. The summed E-state index contributed by atoms with van der Waals surface area (Å²) < 4.78 is 25.6. The summed E-state index contributed by atoms with van der Waals surface area (Å²) in [6, 6.07) is 7.44. The molecule has 0 saturated carbocycles. The molecule has 0 aliphatic carbocycles. The van der Waals surface area contributed by atoms with E-state index in [9.17, 15) is 13.3 Å². The van der Waals surface area contributed by atoms with Crippen LogP contribution in [0.3, 0.4) is 0 Å². The second kappa shape index (κ2) is 5.00. The van der Waals surface area contributed by atoms with Crippen molar-refractivity contribution in [2.24, 2.45) is 25.5 Å². The number of nitrogens with zero attached hydrogens (tertiary/aromatic N) is 5. The zero-order valence-electron chi connectivity index (χ0n) is 7.26. The highest BCUT2D eigenvalue weighted by molar-refractivity contribution is 7.90. The predicted octanol–water partition coefficient (Wildman–Crippen LogP) is 1.88. The van der Waals surface area contributed by atoms with Gasteiger partial charge in [-0.05, 0) is 21.9 Å². The molecule has 0 atom stereocenters. The molecule has 0 spiro atoms. The number of hydrogen-bond acceptors (Lipinski definition) is 3. The van der Waals surface area contributed by atoms with Crippen molar-refractivity contribution in [3.63, 3.8) is 0 Å². The summed E-state index contributed by atoms with van der Waals surface area (Å²) in [7, 11) is -3.88. The van der Waals surface area contributed by atoms with Gasteiger partial charge in [0.2, 0.25) is 0 Å². The molecule has 0 fully saturated rings. The summed E-state index contributed by atoms with van der Waals surface area (Å²) in [4.78, 5) is 9.41. The highest BCUT2D eigenvalue weighted by Crippen LogP contribution is 2.11. The summed E-state index contributed by atoms with van der Waals surface area (Å²) in [5.74, 6) is 0. The quantitative estimate of drug-likeness (QED) is 0.444. The molecule has 78 valence electrons. The van der Waals surface area contributed by atoms with Gasteiger partial charge in [0.15, 0.2) is 0 Å². The molecule has 0 aliphatic heterocycles. The molecule has 0 amide bonds. The molecule has 0 unspecified atom stereocenters. The van der Waals surface area contributed by atoms with Gasteiger partial charge in [-0.25, -0.2) is 0 Å². The summed E-state index contributed by atoms with van der Waals surface area (Å²) in [5, 5.41) is 10.1. The van der Waals surface area contributed by atoms with Crippen LogP contribution in [0.4, 0.5) is 0 Å². The molecule has 0 heterocycles. The lowest BCUT2D eigenvalue weighted by Gasteiger charge is -1.93. The van der Waals surface area contributed by atoms with Crippen LogP contribution in [0.2, 0.25) is 0 Å². The minimum absolute atomic E-state index is 0.0250. The lowest BCUT2D eigenvalue weighted by Crippen LogP contribution is -1.94. The van der Waals surface area contributed by atoms with E-state index in [0.29, 0.717) is 0 Å². The Kier molecular flexibility index (Phi) is 3.68. The second-order valence-electron chi connectivity index (χ2n) is 2.22. The van der Waals surface area contributed by atoms with Gasteiger partial charge in [-0.1, -0.05) is 18.2 Å². The minimum Gasteiger partial charge on any atom is -0.198 e. The van der Waals surface area contributed by atoms with Crippen LogP contribution in [0.1, 0.15) is 0 Å². The lowest BCUT2D eigenvalue weighted by molar-refractivity contribution is 0.594. The summed E-state index contributed by atoms with van der Waals surface area (Å²) in [6.07, 6.45) is 0. The lowest BCUT2D eigenvalue weighted by atomic mass is 10.4. The van der Waals surface area contributed by atoms with Gasteiger partial charge in [0.05, 0.1) is 4.90 Å². The topological polar surface area (TPSA) is 113 Å². The maximum absolute atomic E-state index is 11.3. The fourth-order valence-corrected chi connectivity index (χ4v) is 1.46. The molecule has 0 N–H and O–H groups in total. The Hall–Kier alpha value is -2.03. The van der Waals surface area contributed by atoms with Gasteiger partial charge in [0, 0.05) is 10.4 Å². The molecule has 0 saturated heterocycles. The number of nitroso groups, excluding NO2 is 1. The van der Waals surface area contributed by atoms with E-state index in [1.165, 1.54) is 24.3 Å². The largest absolute Gasteiger partial charge is 0.301 e. The van der Waals surface area contributed by atoms with Gasteiger partial charge in [-0.2, -0.15) is 8.42 Å². The molecule has 1 aromatic rings. The zero-order valence-corrected chi connectivity index (χ0v) is 8.07. The van der Waals surface area contributed by atoms with Crippen molar-refractivity contribution in [3.8, 4) is 0 Å². The van der Waals surface area contributed by atoms with Crippen molar-refractivity contribution in [1.82, 2.24) is 0 Å². The van der Waals surface area contributed by atoms with Crippen LogP contribution in [0.5, 0.6) is 0 Å².